The van der Waals surface area contributed by atoms with Gasteiger partial charge in [-0.1, -0.05) is 17.7 Å². The Morgan fingerprint density at radius 2 is 1.90 bits per heavy atom. The van der Waals surface area contributed by atoms with Crippen LogP contribution in [0.4, 0.5) is 15.9 Å². The Bertz CT molecular complexity index is 1080. The van der Waals surface area contributed by atoms with E-state index in [0.717, 1.165) is 48.1 Å². The summed E-state index contributed by atoms with van der Waals surface area (Å²) in [5, 5.41) is 6.79. The molecule has 0 saturated carbocycles. The second-order valence-electron chi connectivity index (χ2n) is 8.32. The first-order chi connectivity index (χ1) is 15.1. The summed E-state index contributed by atoms with van der Waals surface area (Å²) in [4.78, 5) is 19.7. The fraction of sp³-hybridized carbons (Fsp3) is 0.333. The van der Waals surface area contributed by atoms with Crippen molar-refractivity contribution in [2.24, 2.45) is 5.92 Å². The van der Waals surface area contributed by atoms with Crippen molar-refractivity contribution in [2.45, 2.75) is 26.4 Å². The summed E-state index contributed by atoms with van der Waals surface area (Å²) in [5.41, 5.74) is 3.77. The number of fused-ring (bicyclic) bond motifs is 1. The van der Waals surface area contributed by atoms with Gasteiger partial charge in [0, 0.05) is 30.9 Å². The minimum atomic E-state index is -0.275. The molecule has 0 unspecified atom stereocenters. The monoisotopic (exact) mass is 419 g/mol. The number of carbonyl (C=O) groups excluding carboxylic acids is 1. The predicted molar refractivity (Wildman–Crippen MR) is 118 cm³/mol. The third kappa shape index (κ3) is 3.93. The van der Waals surface area contributed by atoms with Crippen LogP contribution in [0.25, 0.3) is 11.3 Å². The van der Waals surface area contributed by atoms with E-state index >= 15 is 0 Å². The molecule has 160 valence electrons. The van der Waals surface area contributed by atoms with E-state index < -0.39 is 0 Å². The molecule has 2 aliphatic rings. The predicted octanol–water partition coefficient (Wildman–Crippen LogP) is 3.69. The molecule has 6 nitrogen and oxygen atoms in total. The van der Waals surface area contributed by atoms with Crippen molar-refractivity contribution in [3.63, 3.8) is 0 Å². The molecule has 3 heterocycles. The maximum absolute atomic E-state index is 13.5. The number of aromatic nitrogens is 2. The van der Waals surface area contributed by atoms with Crippen molar-refractivity contribution in [1.82, 2.24) is 19.8 Å². The molecule has 2 aliphatic heterocycles. The van der Waals surface area contributed by atoms with E-state index in [2.05, 4.69) is 34.3 Å². The average molecular weight is 420 g/mol. The van der Waals surface area contributed by atoms with E-state index in [1.54, 1.807) is 12.1 Å². The van der Waals surface area contributed by atoms with Gasteiger partial charge in [-0.15, -0.1) is 0 Å². The lowest BCUT2D eigenvalue weighted by molar-refractivity contribution is -0.136. The molecule has 3 aromatic rings. The van der Waals surface area contributed by atoms with E-state index in [0.29, 0.717) is 19.6 Å². The molecule has 1 atom stereocenters. The number of hydrogen-bond donors (Lipinski definition) is 2. The van der Waals surface area contributed by atoms with E-state index in [1.807, 2.05) is 17.0 Å². The van der Waals surface area contributed by atoms with Crippen LogP contribution in [0.3, 0.4) is 0 Å². The number of carbonyl (C=O) groups is 1. The van der Waals surface area contributed by atoms with E-state index in [1.165, 1.54) is 17.7 Å². The summed E-state index contributed by atoms with van der Waals surface area (Å²) in [5.74, 6) is 1.71. The molecular formula is C24H26FN5O. The quantitative estimate of drug-likeness (QED) is 0.677. The highest BCUT2D eigenvalue weighted by Gasteiger charge is 2.31. The molecule has 1 saturated heterocycles. The smallest absolute Gasteiger partial charge is 0.227 e. The average Bonchev–Trinajstić information content (AvgIpc) is 3.44. The number of nitrogens with one attached hydrogen (secondary N) is 2. The van der Waals surface area contributed by atoms with Gasteiger partial charge in [-0.05, 0) is 56.3 Å². The standard InChI is InChI=1S/C24H26FN5O/c1-16-2-8-20(9-3-16)27-23-22(17-4-6-19(25)7-5-17)28-21-15-29(12-13-30(21)23)24(31)18-10-11-26-14-18/h2-9,18,26-27H,10-15H2,1H3/t18-/m1/s1. The number of halogens is 1. The first kappa shape index (κ1) is 19.8. The van der Waals surface area contributed by atoms with Gasteiger partial charge in [-0.3, -0.25) is 4.79 Å². The van der Waals surface area contributed by atoms with Crippen LogP contribution in [0.1, 0.15) is 17.8 Å². The van der Waals surface area contributed by atoms with Crippen LogP contribution in [0.15, 0.2) is 48.5 Å². The van der Waals surface area contributed by atoms with E-state index in [-0.39, 0.29) is 17.6 Å². The van der Waals surface area contributed by atoms with Crippen LogP contribution in [0.2, 0.25) is 0 Å². The molecular weight excluding hydrogens is 393 g/mol. The summed E-state index contributed by atoms with van der Waals surface area (Å²) < 4.78 is 15.7. The van der Waals surface area contributed by atoms with Gasteiger partial charge in [-0.2, -0.15) is 0 Å². The van der Waals surface area contributed by atoms with Gasteiger partial charge in [0.1, 0.15) is 23.2 Å². The van der Waals surface area contributed by atoms with Crippen molar-refractivity contribution in [1.29, 1.82) is 0 Å². The summed E-state index contributed by atoms with van der Waals surface area (Å²) >= 11 is 0. The van der Waals surface area contributed by atoms with Gasteiger partial charge in [0.05, 0.1) is 12.5 Å². The summed E-state index contributed by atoms with van der Waals surface area (Å²) in [6.07, 6.45) is 0.894. The van der Waals surface area contributed by atoms with Gasteiger partial charge in [0.15, 0.2) is 0 Å². The zero-order chi connectivity index (χ0) is 21.4. The molecule has 31 heavy (non-hydrogen) atoms. The number of anilines is 2. The van der Waals surface area contributed by atoms with Crippen LogP contribution in [-0.2, 0) is 17.9 Å². The van der Waals surface area contributed by atoms with Crippen molar-refractivity contribution in [2.75, 3.05) is 25.0 Å². The Labute approximate surface area is 181 Å². The molecule has 0 bridgehead atoms. The highest BCUT2D eigenvalue weighted by Crippen LogP contribution is 2.33. The molecule has 0 aliphatic carbocycles. The van der Waals surface area contributed by atoms with Crippen LogP contribution in [0.5, 0.6) is 0 Å². The molecule has 2 N–H and O–H groups in total. The minimum Gasteiger partial charge on any atom is -0.340 e. The van der Waals surface area contributed by atoms with Gasteiger partial charge in [0.2, 0.25) is 5.91 Å². The lowest BCUT2D eigenvalue weighted by Crippen LogP contribution is -2.42. The summed E-state index contributed by atoms with van der Waals surface area (Å²) in [6.45, 7) is 5.52. The molecule has 7 heteroatoms. The first-order valence-corrected chi connectivity index (χ1v) is 10.8. The first-order valence-electron chi connectivity index (χ1n) is 10.8. The number of rotatable bonds is 4. The number of nitrogens with zero attached hydrogens (tertiary/aromatic N) is 3. The van der Waals surface area contributed by atoms with Gasteiger partial charge < -0.3 is 20.1 Å². The molecule has 0 radical (unpaired) electrons. The van der Waals surface area contributed by atoms with Crippen LogP contribution in [-0.4, -0.2) is 40.0 Å². The second-order valence-corrected chi connectivity index (χ2v) is 8.32. The maximum Gasteiger partial charge on any atom is 0.227 e. The largest absolute Gasteiger partial charge is 0.340 e. The second kappa shape index (κ2) is 8.15. The normalized spacial score (nSPS) is 18.1. The molecule has 0 spiro atoms. The highest BCUT2D eigenvalue weighted by atomic mass is 19.1. The SMILES string of the molecule is Cc1ccc(Nc2c(-c3ccc(F)cc3)nc3n2CCN(C(=O)[C@@H]2CCNC2)C3)cc1. The van der Waals surface area contributed by atoms with Crippen LogP contribution >= 0.6 is 0 Å². The van der Waals surface area contributed by atoms with Crippen molar-refractivity contribution in [3.8, 4) is 11.3 Å². The third-order valence-corrected chi connectivity index (χ3v) is 6.13. The fourth-order valence-corrected chi connectivity index (χ4v) is 4.35. The Morgan fingerprint density at radius 1 is 1.13 bits per heavy atom. The third-order valence-electron chi connectivity index (χ3n) is 6.13. The van der Waals surface area contributed by atoms with E-state index in [9.17, 15) is 9.18 Å². The fourth-order valence-electron chi connectivity index (χ4n) is 4.35. The minimum absolute atomic E-state index is 0.0586. The molecule has 1 aromatic heterocycles. The van der Waals surface area contributed by atoms with Gasteiger partial charge >= 0.3 is 0 Å². The Hall–Kier alpha value is -3.19. The van der Waals surface area contributed by atoms with Crippen LogP contribution < -0.4 is 10.6 Å². The van der Waals surface area contributed by atoms with Crippen molar-refractivity contribution >= 4 is 17.4 Å². The maximum atomic E-state index is 13.5. The number of benzene rings is 2. The Balaban J connectivity index is 1.49. The van der Waals surface area contributed by atoms with Crippen molar-refractivity contribution in [3.05, 3.63) is 65.7 Å². The molecule has 2 aromatic carbocycles. The number of amides is 1. The van der Waals surface area contributed by atoms with Crippen LogP contribution in [0, 0.1) is 18.7 Å². The molecule has 1 amide bonds. The number of hydrogen-bond acceptors (Lipinski definition) is 4. The van der Waals surface area contributed by atoms with Crippen molar-refractivity contribution < 1.29 is 9.18 Å². The zero-order valence-corrected chi connectivity index (χ0v) is 17.6. The lowest BCUT2D eigenvalue weighted by Gasteiger charge is -2.30. The topological polar surface area (TPSA) is 62.2 Å². The number of aryl methyl sites for hydroxylation is 1. The highest BCUT2D eigenvalue weighted by molar-refractivity contribution is 5.80. The summed E-state index contributed by atoms with van der Waals surface area (Å²) in [7, 11) is 0. The van der Waals surface area contributed by atoms with E-state index in [4.69, 9.17) is 4.98 Å². The number of imidazole rings is 1. The molecule has 1 fully saturated rings. The van der Waals surface area contributed by atoms with Gasteiger partial charge in [-0.25, -0.2) is 9.37 Å². The zero-order valence-electron chi connectivity index (χ0n) is 17.6. The molecule has 5 rings (SSSR count). The Kier molecular flexibility index (Phi) is 5.19. The van der Waals surface area contributed by atoms with Gasteiger partial charge in [0.25, 0.3) is 0 Å². The summed E-state index contributed by atoms with van der Waals surface area (Å²) in [6, 6.07) is 14.6. The lowest BCUT2D eigenvalue weighted by atomic mass is 10.1. The Morgan fingerprint density at radius 3 is 2.61 bits per heavy atom.